The van der Waals surface area contributed by atoms with Crippen molar-refractivity contribution in [2.45, 2.75) is 19.3 Å². The minimum Gasteiger partial charge on any atom is -0.358 e. The second-order valence-corrected chi connectivity index (χ2v) is 6.59. The summed E-state index contributed by atoms with van der Waals surface area (Å²) in [6, 6.07) is 7.53. The zero-order chi connectivity index (χ0) is 17.0. The molecule has 3 aromatic rings. The van der Waals surface area contributed by atoms with Gasteiger partial charge < -0.3 is 9.97 Å². The second-order valence-electron chi connectivity index (χ2n) is 6.59. The maximum Gasteiger partial charge on any atom is 0.193 e. The third-order valence-corrected chi connectivity index (χ3v) is 5.10. The van der Waals surface area contributed by atoms with Gasteiger partial charge in [0.05, 0.1) is 0 Å². The van der Waals surface area contributed by atoms with Crippen LogP contribution < -0.4 is 10.9 Å². The molecule has 2 aromatic heterocycles. The lowest BCUT2D eigenvalue weighted by Crippen LogP contribution is -2.27. The molecular formula is C21H16N2O2. The Kier molecular flexibility index (Phi) is 2.95. The largest absolute Gasteiger partial charge is 0.358 e. The van der Waals surface area contributed by atoms with Gasteiger partial charge in [-0.15, -0.1) is 0 Å². The number of H-pyrrole nitrogens is 2. The van der Waals surface area contributed by atoms with Crippen LogP contribution in [0.4, 0.5) is 0 Å². The van der Waals surface area contributed by atoms with Crippen LogP contribution in [-0.2, 0) is 12.8 Å². The molecule has 0 bridgehead atoms. The van der Waals surface area contributed by atoms with E-state index in [2.05, 4.69) is 9.97 Å². The Balaban J connectivity index is 1.77. The Morgan fingerprint density at radius 1 is 0.800 bits per heavy atom. The van der Waals surface area contributed by atoms with Crippen LogP contribution in [0, 0.1) is 0 Å². The molecule has 2 heterocycles. The molecule has 0 aliphatic heterocycles. The van der Waals surface area contributed by atoms with Gasteiger partial charge in [-0.2, -0.15) is 0 Å². The van der Waals surface area contributed by atoms with Gasteiger partial charge in [-0.25, -0.2) is 0 Å². The lowest BCUT2D eigenvalue weighted by Gasteiger charge is -2.20. The van der Waals surface area contributed by atoms with E-state index in [4.69, 9.17) is 0 Å². The highest BCUT2D eigenvalue weighted by molar-refractivity contribution is 5.79. The van der Waals surface area contributed by atoms with Crippen LogP contribution in [0.2, 0.25) is 0 Å². The standard InChI is InChI=1S/C21H16N2O2/c24-20-12-6-2-1-3-8-16(12)22-18-11-15-19(10-14(18)20)23-17-9-5-4-7-13(17)21(15)25/h2-9H,1,10-11H2,(H,22,24)(H,23,25). The summed E-state index contributed by atoms with van der Waals surface area (Å²) in [6.45, 7) is 0. The molecule has 4 nitrogen and oxygen atoms in total. The number of aromatic nitrogens is 2. The monoisotopic (exact) mass is 328 g/mol. The number of para-hydroxylation sites is 1. The van der Waals surface area contributed by atoms with Crippen LogP contribution in [0.5, 0.6) is 0 Å². The fraction of sp³-hybridized carbons (Fsp3) is 0.143. The van der Waals surface area contributed by atoms with E-state index < -0.39 is 0 Å². The van der Waals surface area contributed by atoms with Crippen LogP contribution in [0.15, 0.2) is 46.0 Å². The zero-order valence-corrected chi connectivity index (χ0v) is 13.6. The van der Waals surface area contributed by atoms with Crippen molar-refractivity contribution < 1.29 is 0 Å². The van der Waals surface area contributed by atoms with E-state index in [0.29, 0.717) is 23.8 Å². The number of hydrogen-bond donors (Lipinski definition) is 2. The van der Waals surface area contributed by atoms with Gasteiger partial charge >= 0.3 is 0 Å². The number of fused-ring (bicyclic) bond motifs is 4. The number of aromatic amines is 2. The summed E-state index contributed by atoms with van der Waals surface area (Å²) in [5.41, 5.74) is 5.72. The predicted octanol–water partition coefficient (Wildman–Crippen LogP) is 3.14. The topological polar surface area (TPSA) is 65.7 Å². The SMILES string of the molecule is O=c1c2c([nH]c3c1Cc1[nH]c4ccccc4c(=O)c1C3)C=CCC=C2. The summed E-state index contributed by atoms with van der Waals surface area (Å²) in [7, 11) is 0. The number of benzene rings is 1. The summed E-state index contributed by atoms with van der Waals surface area (Å²) in [4.78, 5) is 32.6. The number of nitrogens with one attached hydrogen (secondary N) is 2. The summed E-state index contributed by atoms with van der Waals surface area (Å²) in [6.07, 6.45) is 9.62. The summed E-state index contributed by atoms with van der Waals surface area (Å²) >= 11 is 0. The smallest absolute Gasteiger partial charge is 0.193 e. The summed E-state index contributed by atoms with van der Waals surface area (Å²) < 4.78 is 0. The molecule has 5 rings (SSSR count). The Bertz CT molecular complexity index is 1210. The quantitative estimate of drug-likeness (QED) is 0.521. The molecule has 0 amide bonds. The maximum atomic E-state index is 13.0. The Hall–Kier alpha value is -3.14. The van der Waals surface area contributed by atoms with Crippen molar-refractivity contribution in [3.63, 3.8) is 0 Å². The molecule has 0 saturated carbocycles. The molecule has 25 heavy (non-hydrogen) atoms. The Morgan fingerprint density at radius 3 is 2.40 bits per heavy atom. The lowest BCUT2D eigenvalue weighted by atomic mass is 9.89. The molecule has 4 heteroatoms. The molecule has 2 aliphatic rings. The van der Waals surface area contributed by atoms with Gasteiger partial charge in [-0.05, 0) is 24.6 Å². The van der Waals surface area contributed by atoms with E-state index >= 15 is 0 Å². The van der Waals surface area contributed by atoms with Crippen LogP contribution in [0.3, 0.4) is 0 Å². The van der Waals surface area contributed by atoms with E-state index in [9.17, 15) is 9.59 Å². The molecule has 0 spiro atoms. The Labute approximate surface area is 143 Å². The number of rotatable bonds is 0. The zero-order valence-electron chi connectivity index (χ0n) is 13.6. The molecule has 0 radical (unpaired) electrons. The summed E-state index contributed by atoms with van der Waals surface area (Å²) in [5.74, 6) is 0. The minimum atomic E-state index is 0.0567. The van der Waals surface area contributed by atoms with Crippen LogP contribution in [0.1, 0.15) is 40.2 Å². The molecule has 122 valence electrons. The minimum absolute atomic E-state index is 0.0567. The van der Waals surface area contributed by atoms with Gasteiger partial charge in [-0.1, -0.05) is 30.4 Å². The van der Waals surface area contributed by atoms with Gasteiger partial charge in [0.25, 0.3) is 0 Å². The average Bonchev–Trinajstić information content (AvgIpc) is 2.87. The van der Waals surface area contributed by atoms with Crippen molar-refractivity contribution >= 4 is 23.1 Å². The number of pyridine rings is 2. The van der Waals surface area contributed by atoms with E-state index in [0.717, 1.165) is 40.1 Å². The van der Waals surface area contributed by atoms with Gasteiger partial charge in [0.2, 0.25) is 0 Å². The third kappa shape index (κ3) is 2.07. The van der Waals surface area contributed by atoms with Crippen molar-refractivity contribution in [1.82, 2.24) is 9.97 Å². The first-order valence-electron chi connectivity index (χ1n) is 8.46. The number of allylic oxidation sites excluding steroid dienone is 2. The molecular weight excluding hydrogens is 312 g/mol. The van der Waals surface area contributed by atoms with Gasteiger partial charge in [0.1, 0.15) is 0 Å². The molecule has 0 unspecified atom stereocenters. The van der Waals surface area contributed by atoms with Crippen molar-refractivity contribution in [3.05, 3.63) is 90.6 Å². The molecule has 1 aromatic carbocycles. The predicted molar refractivity (Wildman–Crippen MR) is 99.9 cm³/mol. The highest BCUT2D eigenvalue weighted by atomic mass is 16.1. The normalized spacial score (nSPS) is 14.7. The second kappa shape index (κ2) is 5.18. The van der Waals surface area contributed by atoms with Crippen LogP contribution in [0.25, 0.3) is 23.1 Å². The Morgan fingerprint density at radius 2 is 1.52 bits per heavy atom. The van der Waals surface area contributed by atoms with Gasteiger partial charge in [-0.3, -0.25) is 9.59 Å². The first-order valence-corrected chi connectivity index (χ1v) is 8.46. The fourth-order valence-electron chi connectivity index (χ4n) is 3.83. The van der Waals surface area contributed by atoms with E-state index in [1.807, 2.05) is 48.6 Å². The lowest BCUT2D eigenvalue weighted by molar-refractivity contribution is 0.888. The average molecular weight is 328 g/mol. The molecule has 2 N–H and O–H groups in total. The summed E-state index contributed by atoms with van der Waals surface area (Å²) in [5, 5.41) is 0.699. The number of hydrogen-bond acceptors (Lipinski definition) is 2. The first-order chi connectivity index (χ1) is 12.2. The van der Waals surface area contributed by atoms with Gasteiger partial charge in [0.15, 0.2) is 10.9 Å². The third-order valence-electron chi connectivity index (χ3n) is 5.10. The van der Waals surface area contributed by atoms with E-state index in [1.54, 1.807) is 0 Å². The highest BCUT2D eigenvalue weighted by Crippen LogP contribution is 2.25. The van der Waals surface area contributed by atoms with Crippen molar-refractivity contribution in [3.8, 4) is 0 Å². The van der Waals surface area contributed by atoms with E-state index in [-0.39, 0.29) is 10.9 Å². The van der Waals surface area contributed by atoms with Crippen LogP contribution >= 0.6 is 0 Å². The van der Waals surface area contributed by atoms with E-state index in [1.165, 1.54) is 0 Å². The fourth-order valence-corrected chi connectivity index (χ4v) is 3.83. The van der Waals surface area contributed by atoms with Gasteiger partial charge in [0, 0.05) is 57.5 Å². The highest BCUT2D eigenvalue weighted by Gasteiger charge is 2.24. The molecule has 0 saturated heterocycles. The van der Waals surface area contributed by atoms with Crippen LogP contribution in [-0.4, -0.2) is 9.97 Å². The van der Waals surface area contributed by atoms with Crippen molar-refractivity contribution in [2.24, 2.45) is 0 Å². The maximum absolute atomic E-state index is 13.0. The molecule has 0 atom stereocenters. The molecule has 2 aliphatic carbocycles. The first kappa shape index (κ1) is 14.2. The molecule has 0 fully saturated rings. The van der Waals surface area contributed by atoms with Crippen molar-refractivity contribution in [2.75, 3.05) is 0 Å². The van der Waals surface area contributed by atoms with Crippen molar-refractivity contribution in [1.29, 1.82) is 0 Å².